The van der Waals surface area contributed by atoms with Crippen LogP contribution in [0.25, 0.3) is 0 Å². The number of rotatable bonds is 3. The van der Waals surface area contributed by atoms with Crippen LogP contribution in [0.1, 0.15) is 17.2 Å². The number of aliphatic hydroxyl groups excluding tert-OH is 1. The summed E-state index contributed by atoms with van der Waals surface area (Å²) >= 11 is 3.10. The number of hydrogen-bond acceptors (Lipinski definition) is 3. The van der Waals surface area contributed by atoms with E-state index in [1.807, 2.05) is 0 Å². The maximum absolute atomic E-state index is 13.1. The van der Waals surface area contributed by atoms with Gasteiger partial charge in [0.2, 0.25) is 0 Å². The summed E-state index contributed by atoms with van der Waals surface area (Å²) in [5, 5.41) is 10.1. The molecule has 0 fully saturated rings. The number of nitrogens with zero attached hydrogens (tertiary/aromatic N) is 1. The molecule has 2 rings (SSSR count). The van der Waals surface area contributed by atoms with Crippen LogP contribution in [0.3, 0.4) is 0 Å². The molecule has 5 heteroatoms. The van der Waals surface area contributed by atoms with E-state index in [-0.39, 0.29) is 5.82 Å². The molecule has 1 unspecified atom stereocenters. The summed E-state index contributed by atoms with van der Waals surface area (Å²) in [5.41, 5.74) is 7.10. The van der Waals surface area contributed by atoms with E-state index in [0.29, 0.717) is 22.3 Å². The Morgan fingerprint density at radius 2 is 2.11 bits per heavy atom. The molecular formula is C13H12BrFN2O. The third-order valence-corrected chi connectivity index (χ3v) is 3.21. The van der Waals surface area contributed by atoms with Crippen LogP contribution in [-0.4, -0.2) is 10.1 Å². The van der Waals surface area contributed by atoms with E-state index < -0.39 is 6.10 Å². The van der Waals surface area contributed by atoms with Crippen LogP contribution in [-0.2, 0) is 6.42 Å². The van der Waals surface area contributed by atoms with Gasteiger partial charge < -0.3 is 10.8 Å². The number of halogens is 2. The maximum atomic E-state index is 13.1. The van der Waals surface area contributed by atoms with Crippen molar-refractivity contribution >= 4 is 21.7 Å². The largest absolute Gasteiger partial charge is 0.388 e. The lowest BCUT2D eigenvalue weighted by Crippen LogP contribution is -2.03. The number of aliphatic hydroxyl groups is 1. The minimum absolute atomic E-state index is 0.341. The number of hydrogen-bond donors (Lipinski definition) is 2. The summed E-state index contributed by atoms with van der Waals surface area (Å²) in [6.07, 6.45) is 1.30. The van der Waals surface area contributed by atoms with Crippen LogP contribution >= 0.6 is 15.9 Å². The molecule has 3 N–H and O–H groups in total. The molecule has 1 heterocycles. The molecule has 1 aromatic carbocycles. The first-order valence-electron chi connectivity index (χ1n) is 5.39. The molecule has 2 aromatic rings. The average Bonchev–Trinajstić information content (AvgIpc) is 2.32. The highest BCUT2D eigenvalue weighted by Crippen LogP contribution is 2.24. The van der Waals surface area contributed by atoms with E-state index in [1.54, 1.807) is 30.5 Å². The molecular weight excluding hydrogens is 299 g/mol. The zero-order valence-electron chi connectivity index (χ0n) is 9.48. The molecule has 0 aliphatic carbocycles. The first-order valence-corrected chi connectivity index (χ1v) is 6.19. The number of nitrogens with two attached hydrogens (primary N) is 1. The van der Waals surface area contributed by atoms with Crippen LogP contribution in [0, 0.1) is 5.82 Å². The molecule has 18 heavy (non-hydrogen) atoms. The lowest BCUT2D eigenvalue weighted by Gasteiger charge is -2.12. The van der Waals surface area contributed by atoms with Crippen molar-refractivity contribution in [1.29, 1.82) is 0 Å². The third kappa shape index (κ3) is 3.05. The van der Waals surface area contributed by atoms with Gasteiger partial charge in [0.05, 0.1) is 10.6 Å². The fraction of sp³-hybridized carbons (Fsp3) is 0.154. The quantitative estimate of drug-likeness (QED) is 0.916. The topological polar surface area (TPSA) is 59.1 Å². The van der Waals surface area contributed by atoms with Crippen LogP contribution in [0.4, 0.5) is 10.2 Å². The summed E-state index contributed by atoms with van der Waals surface area (Å²) in [4.78, 5) is 3.88. The van der Waals surface area contributed by atoms with E-state index in [0.717, 1.165) is 5.56 Å². The fourth-order valence-electron chi connectivity index (χ4n) is 1.68. The standard InChI is InChI=1S/C13H12BrFN2O/c14-10-7-9(1-2-11(10)15)12(18)5-8-3-4-17-13(16)6-8/h1-4,6-7,12,18H,5H2,(H2,16,17). The molecule has 94 valence electrons. The summed E-state index contributed by atoms with van der Waals surface area (Å²) < 4.78 is 13.4. The van der Waals surface area contributed by atoms with Crippen LogP contribution < -0.4 is 5.73 Å². The van der Waals surface area contributed by atoms with Gasteiger partial charge in [-0.2, -0.15) is 0 Å². The van der Waals surface area contributed by atoms with E-state index in [4.69, 9.17) is 5.73 Å². The zero-order chi connectivity index (χ0) is 13.1. The number of nitrogen functional groups attached to an aromatic ring is 1. The van der Waals surface area contributed by atoms with Gasteiger partial charge in [0, 0.05) is 12.6 Å². The monoisotopic (exact) mass is 310 g/mol. The van der Waals surface area contributed by atoms with Gasteiger partial charge in [0.15, 0.2) is 0 Å². The molecule has 0 saturated carbocycles. The molecule has 0 radical (unpaired) electrons. The van der Waals surface area contributed by atoms with Crippen molar-refractivity contribution in [2.24, 2.45) is 0 Å². The summed E-state index contributed by atoms with van der Waals surface area (Å²) in [6.45, 7) is 0. The molecule has 0 amide bonds. The van der Waals surface area contributed by atoms with E-state index >= 15 is 0 Å². The van der Waals surface area contributed by atoms with E-state index in [9.17, 15) is 9.50 Å². The van der Waals surface area contributed by atoms with Gasteiger partial charge >= 0.3 is 0 Å². The van der Waals surface area contributed by atoms with Crippen molar-refractivity contribution in [3.63, 3.8) is 0 Å². The second-order valence-electron chi connectivity index (χ2n) is 3.98. The smallest absolute Gasteiger partial charge is 0.137 e. The Morgan fingerprint density at radius 1 is 1.33 bits per heavy atom. The Balaban J connectivity index is 2.16. The summed E-state index contributed by atoms with van der Waals surface area (Å²) in [6, 6.07) is 7.96. The van der Waals surface area contributed by atoms with Crippen LogP contribution in [0.2, 0.25) is 0 Å². The first-order chi connectivity index (χ1) is 8.56. The molecule has 1 aromatic heterocycles. The first kappa shape index (κ1) is 13.0. The predicted octanol–water partition coefficient (Wildman–Crippen LogP) is 2.84. The number of aromatic nitrogens is 1. The Bertz CT molecular complexity index is 562. The maximum Gasteiger partial charge on any atom is 0.137 e. The molecule has 0 aliphatic heterocycles. The Morgan fingerprint density at radius 3 is 2.78 bits per heavy atom. The Hall–Kier alpha value is -1.46. The van der Waals surface area contributed by atoms with Gasteiger partial charge in [-0.05, 0) is 51.3 Å². The molecule has 0 saturated heterocycles. The van der Waals surface area contributed by atoms with Gasteiger partial charge in [-0.15, -0.1) is 0 Å². The second kappa shape index (κ2) is 5.46. The highest BCUT2D eigenvalue weighted by Gasteiger charge is 2.11. The van der Waals surface area contributed by atoms with Crippen molar-refractivity contribution in [2.75, 3.05) is 5.73 Å². The highest BCUT2D eigenvalue weighted by atomic mass is 79.9. The van der Waals surface area contributed by atoms with Gasteiger partial charge in [-0.25, -0.2) is 9.37 Å². The van der Waals surface area contributed by atoms with Crippen molar-refractivity contribution in [1.82, 2.24) is 4.98 Å². The average molecular weight is 311 g/mol. The van der Waals surface area contributed by atoms with Crippen molar-refractivity contribution in [3.8, 4) is 0 Å². The third-order valence-electron chi connectivity index (χ3n) is 2.60. The van der Waals surface area contributed by atoms with Gasteiger partial charge in [0.1, 0.15) is 11.6 Å². The van der Waals surface area contributed by atoms with Gasteiger partial charge in [-0.1, -0.05) is 6.07 Å². The number of anilines is 1. The van der Waals surface area contributed by atoms with Gasteiger partial charge in [-0.3, -0.25) is 0 Å². The van der Waals surface area contributed by atoms with Crippen molar-refractivity contribution in [2.45, 2.75) is 12.5 Å². The normalized spacial score (nSPS) is 12.4. The minimum atomic E-state index is -0.705. The second-order valence-corrected chi connectivity index (χ2v) is 4.84. The Kier molecular flexibility index (Phi) is 3.93. The van der Waals surface area contributed by atoms with Crippen molar-refractivity contribution in [3.05, 3.63) is 57.9 Å². The lowest BCUT2D eigenvalue weighted by molar-refractivity contribution is 0.178. The van der Waals surface area contributed by atoms with Crippen LogP contribution in [0.5, 0.6) is 0 Å². The molecule has 1 atom stereocenters. The predicted molar refractivity (Wildman–Crippen MR) is 71.4 cm³/mol. The molecule has 0 spiro atoms. The number of pyridine rings is 1. The van der Waals surface area contributed by atoms with E-state index in [1.165, 1.54) is 6.07 Å². The van der Waals surface area contributed by atoms with Crippen LogP contribution in [0.15, 0.2) is 41.0 Å². The summed E-state index contributed by atoms with van der Waals surface area (Å²) in [7, 11) is 0. The lowest BCUT2D eigenvalue weighted by atomic mass is 10.0. The molecule has 0 aliphatic rings. The Labute approximate surface area is 113 Å². The molecule has 0 bridgehead atoms. The molecule has 3 nitrogen and oxygen atoms in total. The van der Waals surface area contributed by atoms with Gasteiger partial charge in [0.25, 0.3) is 0 Å². The van der Waals surface area contributed by atoms with Crippen molar-refractivity contribution < 1.29 is 9.50 Å². The fourth-order valence-corrected chi connectivity index (χ4v) is 2.08. The summed E-state index contributed by atoms with van der Waals surface area (Å²) in [5.74, 6) is 0.0686. The zero-order valence-corrected chi connectivity index (χ0v) is 11.1. The SMILES string of the molecule is Nc1cc(CC(O)c2ccc(F)c(Br)c2)ccn1. The minimum Gasteiger partial charge on any atom is -0.388 e. The number of benzene rings is 1. The van der Waals surface area contributed by atoms with E-state index in [2.05, 4.69) is 20.9 Å². The highest BCUT2D eigenvalue weighted by molar-refractivity contribution is 9.10.